The third-order valence-electron chi connectivity index (χ3n) is 4.50. The highest BCUT2D eigenvalue weighted by Crippen LogP contribution is 2.21. The number of rotatable bonds is 7. The number of likely N-dealkylation sites (N-methyl/N-ethyl adjacent to an activating group) is 1. The Bertz CT molecular complexity index is 357. The smallest absolute Gasteiger partial charge is 0.0585 e. The maximum Gasteiger partial charge on any atom is 0.0585 e. The lowest BCUT2D eigenvalue weighted by Gasteiger charge is -2.32. The quantitative estimate of drug-likeness (QED) is 0.798. The Kier molecular flexibility index (Phi) is 6.51. The lowest BCUT2D eigenvalue weighted by atomic mass is 9.90. The summed E-state index contributed by atoms with van der Waals surface area (Å²) in [5.41, 5.74) is 1.47. The van der Waals surface area contributed by atoms with Crippen LogP contribution >= 0.6 is 0 Å². The zero-order valence-corrected chi connectivity index (χ0v) is 12.6. The van der Waals surface area contributed by atoms with Crippen molar-refractivity contribution >= 4 is 0 Å². The summed E-state index contributed by atoms with van der Waals surface area (Å²) in [5, 5.41) is 12.3. The molecule has 1 aliphatic heterocycles. The maximum atomic E-state index is 9.18. The molecule has 0 spiro atoms. The van der Waals surface area contributed by atoms with E-state index in [1.807, 2.05) is 7.05 Å². The van der Waals surface area contributed by atoms with Crippen molar-refractivity contribution in [3.63, 3.8) is 0 Å². The molecular weight excluding hydrogens is 248 g/mol. The van der Waals surface area contributed by atoms with Crippen LogP contribution in [-0.4, -0.2) is 49.3 Å². The molecule has 1 saturated heterocycles. The molecular formula is C17H28N2O. The number of likely N-dealkylation sites (tertiary alicyclic amines) is 1. The highest BCUT2D eigenvalue weighted by Gasteiger charge is 2.19. The molecule has 1 heterocycles. The predicted octanol–water partition coefficient (Wildman–Crippen LogP) is 1.91. The van der Waals surface area contributed by atoms with Crippen molar-refractivity contribution in [1.82, 2.24) is 10.2 Å². The number of nitrogens with zero attached hydrogens (tertiary/aromatic N) is 1. The van der Waals surface area contributed by atoms with E-state index < -0.39 is 0 Å². The standard InChI is InChI=1S/C17H28N2O/c1-18-17(14-20)9-12-19-10-7-16(8-11-19)13-15-5-3-2-4-6-15/h2-6,16-18,20H,7-14H2,1H3. The van der Waals surface area contributed by atoms with Gasteiger partial charge in [0.05, 0.1) is 6.61 Å². The molecule has 20 heavy (non-hydrogen) atoms. The van der Waals surface area contributed by atoms with Gasteiger partial charge in [-0.1, -0.05) is 30.3 Å². The summed E-state index contributed by atoms with van der Waals surface area (Å²) < 4.78 is 0. The van der Waals surface area contributed by atoms with Gasteiger partial charge in [-0.2, -0.15) is 0 Å². The minimum atomic E-state index is 0.237. The van der Waals surface area contributed by atoms with E-state index in [-0.39, 0.29) is 12.6 Å². The number of hydrogen-bond donors (Lipinski definition) is 2. The Labute approximate surface area is 123 Å². The van der Waals surface area contributed by atoms with Crippen LogP contribution in [0.5, 0.6) is 0 Å². The highest BCUT2D eigenvalue weighted by atomic mass is 16.3. The van der Waals surface area contributed by atoms with Gasteiger partial charge < -0.3 is 15.3 Å². The average Bonchev–Trinajstić information content (AvgIpc) is 2.51. The van der Waals surface area contributed by atoms with Gasteiger partial charge >= 0.3 is 0 Å². The van der Waals surface area contributed by atoms with Gasteiger partial charge in [-0.3, -0.25) is 0 Å². The molecule has 1 aliphatic rings. The number of aliphatic hydroxyl groups is 1. The molecule has 0 aliphatic carbocycles. The molecule has 2 rings (SSSR count). The van der Waals surface area contributed by atoms with Crippen LogP contribution in [0.25, 0.3) is 0 Å². The van der Waals surface area contributed by atoms with E-state index in [9.17, 15) is 5.11 Å². The van der Waals surface area contributed by atoms with E-state index in [0.29, 0.717) is 0 Å². The van der Waals surface area contributed by atoms with Crippen LogP contribution in [0.3, 0.4) is 0 Å². The van der Waals surface area contributed by atoms with E-state index >= 15 is 0 Å². The summed E-state index contributed by atoms with van der Waals surface area (Å²) in [6.45, 7) is 3.75. The van der Waals surface area contributed by atoms with Gasteiger partial charge in [0.2, 0.25) is 0 Å². The van der Waals surface area contributed by atoms with Gasteiger partial charge in [0, 0.05) is 6.04 Å². The van der Waals surface area contributed by atoms with Crippen molar-refractivity contribution < 1.29 is 5.11 Å². The molecule has 2 N–H and O–H groups in total. The molecule has 1 aromatic rings. The first kappa shape index (κ1) is 15.5. The molecule has 0 radical (unpaired) electrons. The first-order valence-corrected chi connectivity index (χ1v) is 7.86. The van der Waals surface area contributed by atoms with E-state index in [0.717, 1.165) is 18.9 Å². The van der Waals surface area contributed by atoms with Crippen LogP contribution in [0.15, 0.2) is 30.3 Å². The van der Waals surface area contributed by atoms with Gasteiger partial charge in [0.15, 0.2) is 0 Å². The molecule has 0 bridgehead atoms. The number of benzene rings is 1. The summed E-state index contributed by atoms with van der Waals surface area (Å²) in [6.07, 6.45) is 4.87. The van der Waals surface area contributed by atoms with Crippen molar-refractivity contribution in [2.75, 3.05) is 33.3 Å². The first-order chi connectivity index (χ1) is 9.81. The summed E-state index contributed by atoms with van der Waals surface area (Å²) in [5.74, 6) is 0.839. The molecule has 0 saturated carbocycles. The maximum absolute atomic E-state index is 9.18. The molecule has 0 aromatic heterocycles. The van der Waals surface area contributed by atoms with E-state index in [2.05, 4.69) is 40.5 Å². The number of aliphatic hydroxyl groups excluding tert-OH is 1. The fraction of sp³-hybridized carbons (Fsp3) is 0.647. The summed E-state index contributed by atoms with van der Waals surface area (Å²) in [4.78, 5) is 2.54. The Morgan fingerprint density at radius 3 is 2.55 bits per heavy atom. The van der Waals surface area contributed by atoms with Crippen molar-refractivity contribution in [2.24, 2.45) is 5.92 Å². The number of piperidine rings is 1. The molecule has 1 unspecified atom stereocenters. The second kappa shape index (κ2) is 8.40. The second-order valence-corrected chi connectivity index (χ2v) is 5.93. The topological polar surface area (TPSA) is 35.5 Å². The molecule has 1 atom stereocenters. The van der Waals surface area contributed by atoms with Crippen LogP contribution in [0.1, 0.15) is 24.8 Å². The highest BCUT2D eigenvalue weighted by molar-refractivity contribution is 5.15. The second-order valence-electron chi connectivity index (χ2n) is 5.93. The normalized spacial score (nSPS) is 19.1. The van der Waals surface area contributed by atoms with Gasteiger partial charge in [0.1, 0.15) is 0 Å². The summed E-state index contributed by atoms with van der Waals surface area (Å²) >= 11 is 0. The van der Waals surface area contributed by atoms with Gasteiger partial charge in [0.25, 0.3) is 0 Å². The lowest BCUT2D eigenvalue weighted by Crippen LogP contribution is -2.39. The van der Waals surface area contributed by atoms with Gasteiger partial charge in [-0.25, -0.2) is 0 Å². The van der Waals surface area contributed by atoms with E-state index in [4.69, 9.17) is 0 Å². The molecule has 3 nitrogen and oxygen atoms in total. The Balaban J connectivity index is 1.67. The van der Waals surface area contributed by atoms with E-state index in [1.165, 1.54) is 37.9 Å². The van der Waals surface area contributed by atoms with Gasteiger partial charge in [-0.15, -0.1) is 0 Å². The number of nitrogens with one attached hydrogen (secondary N) is 1. The molecule has 1 fully saturated rings. The van der Waals surface area contributed by atoms with Gasteiger partial charge in [-0.05, 0) is 63.8 Å². The minimum Gasteiger partial charge on any atom is -0.395 e. The lowest BCUT2D eigenvalue weighted by molar-refractivity contribution is 0.165. The monoisotopic (exact) mass is 276 g/mol. The Morgan fingerprint density at radius 2 is 1.95 bits per heavy atom. The SMILES string of the molecule is CNC(CO)CCN1CCC(Cc2ccccc2)CC1. The predicted molar refractivity (Wildman–Crippen MR) is 83.9 cm³/mol. The fourth-order valence-corrected chi connectivity index (χ4v) is 3.03. The number of hydrogen-bond acceptors (Lipinski definition) is 3. The van der Waals surface area contributed by atoms with Crippen LogP contribution in [-0.2, 0) is 6.42 Å². The molecule has 112 valence electrons. The average molecular weight is 276 g/mol. The van der Waals surface area contributed by atoms with Crippen LogP contribution in [0.4, 0.5) is 0 Å². The summed E-state index contributed by atoms with van der Waals surface area (Å²) in [7, 11) is 1.92. The zero-order valence-electron chi connectivity index (χ0n) is 12.6. The summed E-state index contributed by atoms with van der Waals surface area (Å²) in [6, 6.07) is 11.1. The molecule has 0 amide bonds. The van der Waals surface area contributed by atoms with Crippen LogP contribution < -0.4 is 5.32 Å². The van der Waals surface area contributed by atoms with Crippen LogP contribution in [0.2, 0.25) is 0 Å². The minimum absolute atomic E-state index is 0.237. The van der Waals surface area contributed by atoms with Crippen molar-refractivity contribution in [1.29, 1.82) is 0 Å². The fourth-order valence-electron chi connectivity index (χ4n) is 3.03. The third-order valence-corrected chi connectivity index (χ3v) is 4.50. The zero-order chi connectivity index (χ0) is 14.2. The Hall–Kier alpha value is -0.900. The van der Waals surface area contributed by atoms with Crippen molar-refractivity contribution in [2.45, 2.75) is 31.7 Å². The third kappa shape index (κ3) is 4.89. The van der Waals surface area contributed by atoms with Crippen molar-refractivity contribution in [3.05, 3.63) is 35.9 Å². The first-order valence-electron chi connectivity index (χ1n) is 7.86. The Morgan fingerprint density at radius 1 is 1.25 bits per heavy atom. The van der Waals surface area contributed by atoms with Crippen LogP contribution in [0, 0.1) is 5.92 Å². The molecule has 3 heteroatoms. The largest absolute Gasteiger partial charge is 0.395 e. The van der Waals surface area contributed by atoms with Crippen molar-refractivity contribution in [3.8, 4) is 0 Å². The molecule has 1 aromatic carbocycles. The van der Waals surface area contributed by atoms with E-state index in [1.54, 1.807) is 0 Å².